The Hall–Kier alpha value is -1.36. The minimum atomic E-state index is -0.0897. The predicted octanol–water partition coefficient (Wildman–Crippen LogP) is 2.92. The lowest BCUT2D eigenvalue weighted by Gasteiger charge is -2.41. The van der Waals surface area contributed by atoms with Gasteiger partial charge in [-0.05, 0) is 36.6 Å². The lowest BCUT2D eigenvalue weighted by Crippen LogP contribution is -2.49. The van der Waals surface area contributed by atoms with Crippen molar-refractivity contribution in [3.63, 3.8) is 0 Å². The summed E-state index contributed by atoms with van der Waals surface area (Å²) in [5.74, 6) is 1.02. The van der Waals surface area contributed by atoms with Gasteiger partial charge in [0, 0.05) is 31.4 Å². The molecule has 5 heteroatoms. The first-order valence-electron chi connectivity index (χ1n) is 8.15. The Morgan fingerprint density at radius 2 is 2.00 bits per heavy atom. The van der Waals surface area contributed by atoms with E-state index in [1.54, 1.807) is 16.2 Å². The van der Waals surface area contributed by atoms with Gasteiger partial charge in [-0.25, -0.2) is 0 Å². The monoisotopic (exact) mass is 320 g/mol. The molecule has 0 aliphatic carbocycles. The van der Waals surface area contributed by atoms with Crippen molar-refractivity contribution < 1.29 is 9.59 Å². The lowest BCUT2D eigenvalue weighted by molar-refractivity contribution is -0.147. The van der Waals surface area contributed by atoms with Gasteiger partial charge >= 0.3 is 0 Å². The van der Waals surface area contributed by atoms with E-state index in [4.69, 9.17) is 0 Å². The number of rotatable bonds is 2. The molecular weight excluding hydrogens is 296 g/mol. The lowest BCUT2D eigenvalue weighted by atomic mass is 9.86. The molecule has 3 rings (SSSR count). The fraction of sp³-hybridized carbons (Fsp3) is 0.647. The second-order valence-corrected chi connectivity index (χ2v) is 7.60. The average molecular weight is 320 g/mol. The zero-order chi connectivity index (χ0) is 15.7. The summed E-state index contributed by atoms with van der Waals surface area (Å²) in [5, 5.41) is 2.02. The molecule has 1 aromatic rings. The number of hydrogen-bond donors (Lipinski definition) is 0. The Morgan fingerprint density at radius 3 is 2.64 bits per heavy atom. The second kappa shape index (κ2) is 6.41. The number of thiophene rings is 1. The van der Waals surface area contributed by atoms with Gasteiger partial charge < -0.3 is 9.80 Å². The molecule has 0 saturated carbocycles. The Bertz CT molecular complexity index is 535. The molecule has 3 heterocycles. The van der Waals surface area contributed by atoms with E-state index in [1.165, 1.54) is 0 Å². The first-order chi connectivity index (χ1) is 10.6. The van der Waals surface area contributed by atoms with E-state index in [0.717, 1.165) is 30.8 Å². The minimum Gasteiger partial charge on any atom is -0.342 e. The number of hydrogen-bond acceptors (Lipinski definition) is 3. The van der Waals surface area contributed by atoms with Gasteiger partial charge in [-0.1, -0.05) is 13.0 Å². The third-order valence-corrected chi connectivity index (χ3v) is 6.05. The van der Waals surface area contributed by atoms with Gasteiger partial charge in [-0.2, -0.15) is 0 Å². The van der Waals surface area contributed by atoms with Crippen molar-refractivity contribution >= 4 is 23.2 Å². The molecule has 0 radical (unpaired) electrons. The van der Waals surface area contributed by atoms with Gasteiger partial charge in [-0.3, -0.25) is 9.59 Å². The second-order valence-electron chi connectivity index (χ2n) is 6.62. The summed E-state index contributed by atoms with van der Waals surface area (Å²) < 4.78 is 0. The number of likely N-dealkylation sites (tertiary alicyclic amines) is 2. The predicted molar refractivity (Wildman–Crippen MR) is 87.5 cm³/mol. The molecular formula is C17H24N2O2S. The molecule has 0 N–H and O–H groups in total. The van der Waals surface area contributed by atoms with E-state index in [1.807, 2.05) is 29.5 Å². The van der Waals surface area contributed by atoms with Crippen LogP contribution in [0.4, 0.5) is 0 Å². The van der Waals surface area contributed by atoms with Crippen molar-refractivity contribution in [1.29, 1.82) is 0 Å². The van der Waals surface area contributed by atoms with Crippen molar-refractivity contribution in [3.05, 3.63) is 22.4 Å². The minimum absolute atomic E-state index is 0.0882. The highest BCUT2D eigenvalue weighted by atomic mass is 32.1. The molecule has 2 saturated heterocycles. The summed E-state index contributed by atoms with van der Waals surface area (Å²) in [6, 6.07) is 3.95. The van der Waals surface area contributed by atoms with Crippen LogP contribution in [-0.4, -0.2) is 41.8 Å². The number of carbonyl (C=O) groups is 2. The Morgan fingerprint density at radius 1 is 1.27 bits per heavy atom. The first kappa shape index (κ1) is 15.5. The Balaban J connectivity index is 1.80. The zero-order valence-corrected chi connectivity index (χ0v) is 14.1. The normalized spacial score (nSPS) is 27.3. The van der Waals surface area contributed by atoms with Crippen LogP contribution in [0.1, 0.15) is 43.5 Å². The number of piperidine rings is 2. The van der Waals surface area contributed by atoms with E-state index in [2.05, 4.69) is 6.92 Å². The van der Waals surface area contributed by atoms with Crippen molar-refractivity contribution in [2.75, 3.05) is 20.1 Å². The van der Waals surface area contributed by atoms with E-state index >= 15 is 0 Å². The zero-order valence-electron chi connectivity index (χ0n) is 13.3. The molecule has 120 valence electrons. The quantitative estimate of drug-likeness (QED) is 0.840. The Kier molecular flexibility index (Phi) is 4.52. The molecule has 0 aromatic carbocycles. The van der Waals surface area contributed by atoms with Crippen LogP contribution in [0.3, 0.4) is 0 Å². The SMILES string of the molecule is CC1CCN(C(=O)C2CCC(=O)N(C)C2c2cccs2)CC1. The highest BCUT2D eigenvalue weighted by Gasteiger charge is 2.41. The van der Waals surface area contributed by atoms with Gasteiger partial charge in [0.2, 0.25) is 11.8 Å². The maximum atomic E-state index is 13.0. The maximum absolute atomic E-state index is 13.0. The molecule has 2 fully saturated rings. The number of carbonyl (C=O) groups excluding carboxylic acids is 2. The smallest absolute Gasteiger partial charge is 0.228 e. The van der Waals surface area contributed by atoms with Crippen LogP contribution < -0.4 is 0 Å². The van der Waals surface area contributed by atoms with Gasteiger partial charge in [0.1, 0.15) is 0 Å². The summed E-state index contributed by atoms with van der Waals surface area (Å²) >= 11 is 1.64. The Labute approximate surface area is 136 Å². The molecule has 4 nitrogen and oxygen atoms in total. The van der Waals surface area contributed by atoms with Crippen LogP contribution in [0.2, 0.25) is 0 Å². The fourth-order valence-electron chi connectivity index (χ4n) is 3.61. The molecule has 0 spiro atoms. The van der Waals surface area contributed by atoms with E-state index in [0.29, 0.717) is 18.8 Å². The standard InChI is InChI=1S/C17H24N2O2S/c1-12-7-9-19(10-8-12)17(21)13-5-6-15(20)18(2)16(13)14-4-3-11-22-14/h3-4,11-13,16H,5-10H2,1-2H3. The van der Waals surface area contributed by atoms with Gasteiger partial charge in [0.05, 0.1) is 12.0 Å². The highest BCUT2D eigenvalue weighted by molar-refractivity contribution is 7.10. The molecule has 1 aromatic heterocycles. The van der Waals surface area contributed by atoms with Gasteiger partial charge in [-0.15, -0.1) is 11.3 Å². The van der Waals surface area contributed by atoms with Crippen LogP contribution in [0.25, 0.3) is 0 Å². The third kappa shape index (κ3) is 2.91. The summed E-state index contributed by atoms with van der Waals surface area (Å²) in [6.07, 6.45) is 3.35. The van der Waals surface area contributed by atoms with Crippen LogP contribution in [0.5, 0.6) is 0 Å². The van der Waals surface area contributed by atoms with Gasteiger partial charge in [0.15, 0.2) is 0 Å². The topological polar surface area (TPSA) is 40.6 Å². The molecule has 0 bridgehead atoms. The largest absolute Gasteiger partial charge is 0.342 e. The average Bonchev–Trinajstić information content (AvgIpc) is 3.04. The van der Waals surface area contributed by atoms with Crippen LogP contribution in [-0.2, 0) is 9.59 Å². The van der Waals surface area contributed by atoms with Crippen molar-refractivity contribution in [2.45, 2.75) is 38.6 Å². The molecule has 2 amide bonds. The third-order valence-electron chi connectivity index (χ3n) is 5.11. The van der Waals surface area contributed by atoms with Crippen LogP contribution in [0, 0.1) is 11.8 Å². The summed E-state index contributed by atoms with van der Waals surface area (Å²) in [4.78, 5) is 30.0. The van der Waals surface area contributed by atoms with Gasteiger partial charge in [0.25, 0.3) is 0 Å². The van der Waals surface area contributed by atoms with Crippen molar-refractivity contribution in [3.8, 4) is 0 Å². The summed E-state index contributed by atoms with van der Waals surface area (Å²) in [6.45, 7) is 3.99. The van der Waals surface area contributed by atoms with E-state index < -0.39 is 0 Å². The van der Waals surface area contributed by atoms with E-state index in [-0.39, 0.29) is 23.8 Å². The maximum Gasteiger partial charge on any atom is 0.228 e. The first-order valence-corrected chi connectivity index (χ1v) is 9.03. The molecule has 2 unspecified atom stereocenters. The fourth-order valence-corrected chi connectivity index (χ4v) is 4.54. The van der Waals surface area contributed by atoms with Crippen LogP contribution >= 0.6 is 11.3 Å². The molecule has 2 aliphatic heterocycles. The molecule has 22 heavy (non-hydrogen) atoms. The molecule has 2 atom stereocenters. The summed E-state index contributed by atoms with van der Waals surface area (Å²) in [7, 11) is 1.84. The highest BCUT2D eigenvalue weighted by Crippen LogP contribution is 2.39. The van der Waals surface area contributed by atoms with Crippen molar-refractivity contribution in [1.82, 2.24) is 9.80 Å². The number of amides is 2. The summed E-state index contributed by atoms with van der Waals surface area (Å²) in [5.41, 5.74) is 0. The number of nitrogens with zero attached hydrogens (tertiary/aromatic N) is 2. The molecule has 2 aliphatic rings. The van der Waals surface area contributed by atoms with Crippen LogP contribution in [0.15, 0.2) is 17.5 Å². The van der Waals surface area contributed by atoms with Crippen molar-refractivity contribution in [2.24, 2.45) is 11.8 Å². The van der Waals surface area contributed by atoms with E-state index in [9.17, 15) is 9.59 Å².